The van der Waals surface area contributed by atoms with Crippen LogP contribution in [0.25, 0.3) is 0 Å². The topological polar surface area (TPSA) is 57.9 Å². The zero-order valence-electron chi connectivity index (χ0n) is 8.42. The SMILES string of the molecule is N#Cc1cc(CCl)cc(C(F)(F)F)c1S(=O)(=O)Cl. The van der Waals surface area contributed by atoms with Gasteiger partial charge in [0.25, 0.3) is 9.05 Å². The first kappa shape index (κ1) is 15.1. The summed E-state index contributed by atoms with van der Waals surface area (Å²) in [5, 5.41) is 8.71. The number of rotatable bonds is 2. The molecule has 0 aliphatic rings. The van der Waals surface area contributed by atoms with E-state index in [1.807, 2.05) is 0 Å². The van der Waals surface area contributed by atoms with Gasteiger partial charge in [-0.1, -0.05) is 0 Å². The van der Waals surface area contributed by atoms with E-state index in [2.05, 4.69) is 0 Å². The fourth-order valence-electron chi connectivity index (χ4n) is 1.32. The van der Waals surface area contributed by atoms with Crippen LogP contribution in [0.5, 0.6) is 0 Å². The third-order valence-electron chi connectivity index (χ3n) is 1.97. The van der Waals surface area contributed by atoms with Crippen LogP contribution in [0.2, 0.25) is 0 Å². The van der Waals surface area contributed by atoms with E-state index in [-0.39, 0.29) is 11.4 Å². The van der Waals surface area contributed by atoms with Crippen molar-refractivity contribution >= 4 is 31.3 Å². The first-order valence-corrected chi connectivity index (χ1v) is 7.10. The second-order valence-electron chi connectivity index (χ2n) is 3.20. The molecule has 1 aromatic rings. The van der Waals surface area contributed by atoms with Crippen LogP contribution in [0.3, 0.4) is 0 Å². The van der Waals surface area contributed by atoms with Crippen molar-refractivity contribution in [2.75, 3.05) is 0 Å². The van der Waals surface area contributed by atoms with Crippen LogP contribution in [-0.4, -0.2) is 8.42 Å². The van der Waals surface area contributed by atoms with E-state index in [0.717, 1.165) is 6.07 Å². The van der Waals surface area contributed by atoms with Gasteiger partial charge in [-0.3, -0.25) is 0 Å². The van der Waals surface area contributed by atoms with E-state index in [4.69, 9.17) is 27.5 Å². The van der Waals surface area contributed by atoms with Gasteiger partial charge in [0.1, 0.15) is 11.0 Å². The van der Waals surface area contributed by atoms with Gasteiger partial charge in [0.2, 0.25) is 0 Å². The number of alkyl halides is 4. The lowest BCUT2D eigenvalue weighted by Crippen LogP contribution is -2.13. The molecular formula is C9H4Cl2F3NO2S. The zero-order chi connectivity index (χ0) is 14.1. The van der Waals surface area contributed by atoms with Crippen LogP contribution in [0.15, 0.2) is 17.0 Å². The number of hydrogen-bond acceptors (Lipinski definition) is 3. The summed E-state index contributed by atoms with van der Waals surface area (Å²) >= 11 is 5.39. The first-order valence-electron chi connectivity index (χ1n) is 4.26. The van der Waals surface area contributed by atoms with E-state index < -0.39 is 31.2 Å². The van der Waals surface area contributed by atoms with Gasteiger partial charge in [-0.2, -0.15) is 18.4 Å². The average Bonchev–Trinajstić information content (AvgIpc) is 2.24. The van der Waals surface area contributed by atoms with Gasteiger partial charge in [0.05, 0.1) is 11.1 Å². The lowest BCUT2D eigenvalue weighted by molar-refractivity contribution is -0.139. The molecule has 0 radical (unpaired) electrons. The minimum absolute atomic E-state index is 0.0235. The molecular weight excluding hydrogens is 314 g/mol. The van der Waals surface area contributed by atoms with Crippen LogP contribution in [-0.2, 0) is 21.1 Å². The molecule has 0 amide bonds. The molecule has 0 aliphatic heterocycles. The first-order chi connectivity index (χ1) is 8.11. The van der Waals surface area contributed by atoms with Gasteiger partial charge in [-0.15, -0.1) is 11.6 Å². The minimum atomic E-state index is -4.95. The molecule has 0 spiro atoms. The number of nitrogens with zero attached hydrogens (tertiary/aromatic N) is 1. The highest BCUT2D eigenvalue weighted by atomic mass is 35.7. The summed E-state index contributed by atoms with van der Waals surface area (Å²) in [6, 6.07) is 2.88. The molecule has 0 aromatic heterocycles. The van der Waals surface area contributed by atoms with E-state index >= 15 is 0 Å². The molecule has 18 heavy (non-hydrogen) atoms. The number of nitriles is 1. The van der Waals surface area contributed by atoms with Crippen LogP contribution in [0.4, 0.5) is 13.2 Å². The Morgan fingerprint density at radius 1 is 1.33 bits per heavy atom. The zero-order valence-corrected chi connectivity index (χ0v) is 10.8. The Bertz CT molecular complexity index is 620. The molecule has 0 aliphatic carbocycles. The summed E-state index contributed by atoms with van der Waals surface area (Å²) in [6.07, 6.45) is -4.95. The Morgan fingerprint density at radius 2 is 1.89 bits per heavy atom. The second kappa shape index (κ2) is 4.96. The quantitative estimate of drug-likeness (QED) is 0.621. The maximum absolute atomic E-state index is 12.7. The highest BCUT2D eigenvalue weighted by Gasteiger charge is 2.38. The monoisotopic (exact) mass is 317 g/mol. The molecule has 98 valence electrons. The van der Waals surface area contributed by atoms with Crippen LogP contribution in [0.1, 0.15) is 16.7 Å². The Morgan fingerprint density at radius 3 is 2.22 bits per heavy atom. The molecule has 0 atom stereocenters. The van der Waals surface area contributed by atoms with Crippen molar-refractivity contribution in [2.24, 2.45) is 0 Å². The third kappa shape index (κ3) is 3.07. The molecule has 0 fully saturated rings. The Hall–Kier alpha value is -0.970. The Labute approximate surface area is 110 Å². The highest BCUT2D eigenvalue weighted by molar-refractivity contribution is 8.13. The average molecular weight is 318 g/mol. The molecule has 0 unspecified atom stereocenters. The predicted octanol–water partition coefficient (Wildman–Crippen LogP) is 3.24. The Balaban J connectivity index is 3.83. The number of benzene rings is 1. The molecule has 0 heterocycles. The molecule has 3 nitrogen and oxygen atoms in total. The third-order valence-corrected chi connectivity index (χ3v) is 3.67. The summed E-state index contributed by atoms with van der Waals surface area (Å²) in [6.45, 7) is 0. The minimum Gasteiger partial charge on any atom is -0.207 e. The van der Waals surface area contributed by atoms with Crippen molar-refractivity contribution in [2.45, 2.75) is 17.0 Å². The van der Waals surface area contributed by atoms with Crippen LogP contribution in [0, 0.1) is 11.3 Å². The largest absolute Gasteiger partial charge is 0.417 e. The second-order valence-corrected chi connectivity index (χ2v) is 5.97. The maximum atomic E-state index is 12.7. The van der Waals surface area contributed by atoms with Gasteiger partial charge < -0.3 is 0 Å². The van der Waals surface area contributed by atoms with Gasteiger partial charge in [0, 0.05) is 16.6 Å². The fraction of sp³-hybridized carbons (Fsp3) is 0.222. The van der Waals surface area contributed by atoms with E-state index in [1.165, 1.54) is 6.07 Å². The van der Waals surface area contributed by atoms with E-state index in [1.54, 1.807) is 0 Å². The van der Waals surface area contributed by atoms with Gasteiger partial charge in [-0.25, -0.2) is 8.42 Å². The molecule has 1 aromatic carbocycles. The van der Waals surface area contributed by atoms with Crippen molar-refractivity contribution in [3.8, 4) is 6.07 Å². The summed E-state index contributed by atoms with van der Waals surface area (Å²) in [5.41, 5.74) is -2.20. The van der Waals surface area contributed by atoms with E-state index in [9.17, 15) is 21.6 Å². The van der Waals surface area contributed by atoms with Crippen molar-refractivity contribution in [1.82, 2.24) is 0 Å². The molecule has 0 bridgehead atoms. The normalized spacial score (nSPS) is 12.2. The van der Waals surface area contributed by atoms with Crippen molar-refractivity contribution in [3.63, 3.8) is 0 Å². The summed E-state index contributed by atoms with van der Waals surface area (Å²) < 4.78 is 60.5. The predicted molar refractivity (Wildman–Crippen MR) is 58.8 cm³/mol. The standard InChI is InChI=1S/C9H4Cl2F3NO2S/c10-3-5-1-6(4-15)8(18(11,16)17)7(2-5)9(12,13)14/h1-2H,3H2. The summed E-state index contributed by atoms with van der Waals surface area (Å²) in [4.78, 5) is -1.24. The molecule has 0 saturated heterocycles. The lowest BCUT2D eigenvalue weighted by atomic mass is 10.1. The van der Waals surface area contributed by atoms with Crippen molar-refractivity contribution in [1.29, 1.82) is 5.26 Å². The summed E-state index contributed by atoms with van der Waals surface area (Å²) in [5.74, 6) is -0.291. The van der Waals surface area contributed by atoms with Crippen LogP contribution < -0.4 is 0 Å². The van der Waals surface area contributed by atoms with Gasteiger partial charge in [-0.05, 0) is 17.7 Å². The maximum Gasteiger partial charge on any atom is 0.417 e. The molecule has 9 heteroatoms. The van der Waals surface area contributed by atoms with Crippen molar-refractivity contribution in [3.05, 3.63) is 28.8 Å². The van der Waals surface area contributed by atoms with Gasteiger partial charge in [0.15, 0.2) is 0 Å². The number of halogens is 5. The van der Waals surface area contributed by atoms with E-state index in [0.29, 0.717) is 6.07 Å². The highest BCUT2D eigenvalue weighted by Crippen LogP contribution is 2.38. The number of hydrogen-bond donors (Lipinski definition) is 0. The smallest absolute Gasteiger partial charge is 0.207 e. The molecule has 1 rings (SSSR count). The molecule has 0 N–H and O–H groups in total. The van der Waals surface area contributed by atoms with Crippen LogP contribution >= 0.6 is 22.3 Å². The lowest BCUT2D eigenvalue weighted by Gasteiger charge is -2.13. The fourth-order valence-corrected chi connectivity index (χ4v) is 2.78. The summed E-state index contributed by atoms with van der Waals surface area (Å²) in [7, 11) is 0.240. The van der Waals surface area contributed by atoms with Gasteiger partial charge >= 0.3 is 6.18 Å². The molecule has 0 saturated carbocycles. The van der Waals surface area contributed by atoms with Crippen molar-refractivity contribution < 1.29 is 21.6 Å². The Kier molecular flexibility index (Phi) is 4.15.